The normalized spacial score (nSPS) is 25.3. The fourth-order valence-electron chi connectivity index (χ4n) is 3.76. The van der Waals surface area contributed by atoms with Gasteiger partial charge in [0.25, 0.3) is 0 Å². The third kappa shape index (κ3) is 3.06. The van der Waals surface area contributed by atoms with E-state index in [1.54, 1.807) is 19.2 Å². The summed E-state index contributed by atoms with van der Waals surface area (Å²) >= 11 is 0. The SMILES string of the molecule is COc1ccc(S(=O)(=O)N2CC[C@H](CO)[C@H](O)C2)c2c1CCCC2. The van der Waals surface area contributed by atoms with E-state index in [1.165, 1.54) is 4.31 Å². The molecule has 7 heteroatoms. The molecule has 2 atom stereocenters. The van der Waals surface area contributed by atoms with E-state index in [-0.39, 0.29) is 19.1 Å². The van der Waals surface area contributed by atoms with Crippen LogP contribution >= 0.6 is 0 Å². The molecule has 0 bridgehead atoms. The van der Waals surface area contributed by atoms with Crippen molar-refractivity contribution in [2.45, 2.75) is 43.1 Å². The molecule has 2 N–H and O–H groups in total. The van der Waals surface area contributed by atoms with E-state index in [0.717, 1.165) is 42.6 Å². The van der Waals surface area contributed by atoms with E-state index >= 15 is 0 Å². The van der Waals surface area contributed by atoms with Crippen molar-refractivity contribution in [3.8, 4) is 5.75 Å². The Morgan fingerprint density at radius 2 is 1.96 bits per heavy atom. The van der Waals surface area contributed by atoms with Gasteiger partial charge in [0.15, 0.2) is 0 Å². The first-order chi connectivity index (χ1) is 11.5. The summed E-state index contributed by atoms with van der Waals surface area (Å²) in [5.74, 6) is 0.504. The number of aliphatic hydroxyl groups excluding tert-OH is 2. The minimum Gasteiger partial charge on any atom is -0.496 e. The van der Waals surface area contributed by atoms with Crippen LogP contribution in [0.15, 0.2) is 17.0 Å². The largest absolute Gasteiger partial charge is 0.496 e. The molecule has 1 aliphatic heterocycles. The van der Waals surface area contributed by atoms with Gasteiger partial charge in [-0.3, -0.25) is 0 Å². The fraction of sp³-hybridized carbons (Fsp3) is 0.647. The number of fused-ring (bicyclic) bond motifs is 1. The van der Waals surface area contributed by atoms with E-state index in [0.29, 0.717) is 17.9 Å². The monoisotopic (exact) mass is 355 g/mol. The number of benzene rings is 1. The van der Waals surface area contributed by atoms with Crippen LogP contribution < -0.4 is 4.74 Å². The van der Waals surface area contributed by atoms with Gasteiger partial charge in [0.1, 0.15) is 5.75 Å². The Labute approximate surface area is 143 Å². The van der Waals surface area contributed by atoms with E-state index < -0.39 is 16.1 Å². The molecule has 1 fully saturated rings. The predicted molar refractivity (Wildman–Crippen MR) is 89.6 cm³/mol. The zero-order valence-corrected chi connectivity index (χ0v) is 14.8. The molecule has 6 nitrogen and oxygen atoms in total. The van der Waals surface area contributed by atoms with E-state index in [9.17, 15) is 18.6 Å². The molecule has 1 saturated heterocycles. The number of β-amino-alcohol motifs (C(OH)–C–C–N with tert-alkyl or cyclic N) is 1. The summed E-state index contributed by atoms with van der Waals surface area (Å²) in [6.45, 7) is 0.243. The predicted octanol–water partition coefficient (Wildman–Crippen LogP) is 0.938. The standard InChI is InChI=1S/C17H25NO5S/c1-23-16-6-7-17(14-5-3-2-4-13(14)16)24(21,22)18-9-8-12(11-19)15(20)10-18/h6-7,12,15,19-20H,2-5,8-11H2,1H3/t12-,15-/m1/s1. The van der Waals surface area contributed by atoms with Gasteiger partial charge in [0.05, 0.1) is 18.1 Å². The van der Waals surface area contributed by atoms with Gasteiger partial charge in [-0.25, -0.2) is 8.42 Å². The number of rotatable bonds is 4. The number of sulfonamides is 1. The van der Waals surface area contributed by atoms with Crippen molar-refractivity contribution in [2.75, 3.05) is 26.8 Å². The summed E-state index contributed by atoms with van der Waals surface area (Å²) < 4.78 is 33.0. The summed E-state index contributed by atoms with van der Waals surface area (Å²) in [7, 11) is -2.05. The molecule has 134 valence electrons. The molecule has 1 aromatic rings. The highest BCUT2D eigenvalue weighted by Crippen LogP contribution is 2.36. The highest BCUT2D eigenvalue weighted by molar-refractivity contribution is 7.89. The number of hydrogen-bond acceptors (Lipinski definition) is 5. The lowest BCUT2D eigenvalue weighted by atomic mass is 9.91. The quantitative estimate of drug-likeness (QED) is 0.839. The molecule has 1 aliphatic carbocycles. The molecule has 0 aromatic heterocycles. The number of aliphatic hydroxyl groups is 2. The zero-order valence-electron chi connectivity index (χ0n) is 13.9. The summed E-state index contributed by atoms with van der Waals surface area (Å²) in [5, 5.41) is 19.3. The lowest BCUT2D eigenvalue weighted by Gasteiger charge is -2.35. The van der Waals surface area contributed by atoms with Gasteiger partial charge in [-0.2, -0.15) is 4.31 Å². The van der Waals surface area contributed by atoms with Gasteiger partial charge in [-0.15, -0.1) is 0 Å². The fourth-order valence-corrected chi connectivity index (χ4v) is 5.51. The number of methoxy groups -OCH3 is 1. The van der Waals surface area contributed by atoms with Crippen LogP contribution in [-0.4, -0.2) is 55.8 Å². The van der Waals surface area contributed by atoms with Crippen LogP contribution in [0.4, 0.5) is 0 Å². The van der Waals surface area contributed by atoms with Crippen LogP contribution in [0.2, 0.25) is 0 Å². The molecule has 0 amide bonds. The summed E-state index contributed by atoms with van der Waals surface area (Å²) in [4.78, 5) is 0.340. The number of hydrogen-bond donors (Lipinski definition) is 2. The second-order valence-electron chi connectivity index (χ2n) is 6.59. The van der Waals surface area contributed by atoms with E-state index in [1.807, 2.05) is 0 Å². The van der Waals surface area contributed by atoms with Gasteiger partial charge in [0.2, 0.25) is 10.0 Å². The molecule has 2 aliphatic rings. The second-order valence-corrected chi connectivity index (χ2v) is 8.50. The van der Waals surface area contributed by atoms with Crippen LogP contribution in [0, 0.1) is 5.92 Å². The Bertz CT molecular complexity index is 703. The molecular formula is C17H25NO5S. The van der Waals surface area contributed by atoms with Gasteiger partial charge >= 0.3 is 0 Å². The Hall–Kier alpha value is -1.15. The first-order valence-electron chi connectivity index (χ1n) is 8.47. The second kappa shape index (κ2) is 7.00. The lowest BCUT2D eigenvalue weighted by Crippen LogP contribution is -2.47. The number of piperidine rings is 1. The van der Waals surface area contributed by atoms with Crippen LogP contribution in [0.1, 0.15) is 30.4 Å². The molecule has 1 aromatic carbocycles. The van der Waals surface area contributed by atoms with Gasteiger partial charge in [0, 0.05) is 25.6 Å². The number of nitrogens with zero attached hydrogens (tertiary/aromatic N) is 1. The Morgan fingerprint density at radius 3 is 2.58 bits per heavy atom. The Morgan fingerprint density at radius 1 is 1.25 bits per heavy atom. The van der Waals surface area contributed by atoms with Crippen LogP contribution in [0.5, 0.6) is 5.75 Å². The van der Waals surface area contributed by atoms with Crippen molar-refractivity contribution in [3.05, 3.63) is 23.3 Å². The van der Waals surface area contributed by atoms with Crippen LogP contribution in [0.25, 0.3) is 0 Å². The summed E-state index contributed by atoms with van der Waals surface area (Å²) in [6.07, 6.45) is 3.21. The summed E-state index contributed by atoms with van der Waals surface area (Å²) in [5.41, 5.74) is 1.86. The highest BCUT2D eigenvalue weighted by Gasteiger charge is 2.36. The maximum Gasteiger partial charge on any atom is 0.243 e. The highest BCUT2D eigenvalue weighted by atomic mass is 32.2. The van der Waals surface area contributed by atoms with Gasteiger partial charge < -0.3 is 14.9 Å². The Kier molecular flexibility index (Phi) is 5.15. The van der Waals surface area contributed by atoms with Gasteiger partial charge in [-0.05, 0) is 55.4 Å². The Balaban J connectivity index is 1.96. The molecule has 24 heavy (non-hydrogen) atoms. The average Bonchev–Trinajstić information content (AvgIpc) is 2.60. The minimum atomic E-state index is -3.66. The zero-order chi connectivity index (χ0) is 17.3. The van der Waals surface area contributed by atoms with Crippen molar-refractivity contribution in [1.29, 1.82) is 0 Å². The maximum absolute atomic E-state index is 13.1. The summed E-state index contributed by atoms with van der Waals surface area (Å²) in [6, 6.07) is 3.36. The molecule has 0 unspecified atom stereocenters. The first-order valence-corrected chi connectivity index (χ1v) is 9.91. The third-order valence-corrected chi connectivity index (χ3v) is 7.15. The molecule has 1 heterocycles. The smallest absolute Gasteiger partial charge is 0.243 e. The molecular weight excluding hydrogens is 330 g/mol. The molecule has 0 saturated carbocycles. The van der Waals surface area contributed by atoms with Gasteiger partial charge in [-0.1, -0.05) is 0 Å². The minimum absolute atomic E-state index is 0.0361. The molecule has 0 spiro atoms. The van der Waals surface area contributed by atoms with Crippen LogP contribution in [-0.2, 0) is 22.9 Å². The van der Waals surface area contributed by atoms with Crippen molar-refractivity contribution in [1.82, 2.24) is 4.31 Å². The van der Waals surface area contributed by atoms with E-state index in [4.69, 9.17) is 4.74 Å². The third-order valence-electron chi connectivity index (χ3n) is 5.21. The van der Waals surface area contributed by atoms with Crippen molar-refractivity contribution in [3.63, 3.8) is 0 Å². The number of ether oxygens (including phenoxy) is 1. The lowest BCUT2D eigenvalue weighted by molar-refractivity contribution is 0.0221. The van der Waals surface area contributed by atoms with Crippen molar-refractivity contribution < 1.29 is 23.4 Å². The van der Waals surface area contributed by atoms with Crippen LogP contribution in [0.3, 0.4) is 0 Å². The average molecular weight is 355 g/mol. The van der Waals surface area contributed by atoms with Crippen molar-refractivity contribution >= 4 is 10.0 Å². The van der Waals surface area contributed by atoms with Crippen molar-refractivity contribution in [2.24, 2.45) is 5.92 Å². The molecule has 3 rings (SSSR count). The van der Waals surface area contributed by atoms with E-state index in [2.05, 4.69) is 0 Å². The molecule has 0 radical (unpaired) electrons. The first kappa shape index (κ1) is 17.7. The topological polar surface area (TPSA) is 87.1 Å². The maximum atomic E-state index is 13.1.